The molecule has 0 unspecified atom stereocenters. The summed E-state index contributed by atoms with van der Waals surface area (Å²) in [6.45, 7) is 1.60. The van der Waals surface area contributed by atoms with E-state index >= 15 is 0 Å². The van der Waals surface area contributed by atoms with Gasteiger partial charge < -0.3 is 14.6 Å². The zero-order valence-corrected chi connectivity index (χ0v) is 8.84. The Morgan fingerprint density at radius 1 is 1.38 bits per heavy atom. The van der Waals surface area contributed by atoms with Gasteiger partial charge in [0.05, 0.1) is 25.6 Å². The molecule has 1 aromatic heterocycles. The fraction of sp³-hybridized carbons (Fsp3) is 0.250. The summed E-state index contributed by atoms with van der Waals surface area (Å²) in [4.78, 5) is 4.04. The first-order valence-corrected chi connectivity index (χ1v) is 5.34. The molecule has 0 spiro atoms. The Kier molecular flexibility index (Phi) is 2.34. The van der Waals surface area contributed by atoms with E-state index in [9.17, 15) is 0 Å². The van der Waals surface area contributed by atoms with Gasteiger partial charge in [-0.3, -0.25) is 0 Å². The quantitative estimate of drug-likeness (QED) is 0.846. The molecule has 2 heterocycles. The Morgan fingerprint density at radius 2 is 2.31 bits per heavy atom. The molecule has 0 saturated carbocycles. The summed E-state index contributed by atoms with van der Waals surface area (Å²) in [6, 6.07) is 8.73. The maximum Gasteiger partial charge on any atom is 0.0991 e. The lowest BCUT2D eigenvalue weighted by atomic mass is 10.2. The molecule has 1 saturated heterocycles. The molecule has 1 aromatic carbocycles. The molecule has 82 valence electrons. The van der Waals surface area contributed by atoms with Crippen molar-refractivity contribution in [2.45, 2.75) is 6.04 Å². The topological polar surface area (TPSA) is 39.1 Å². The maximum absolute atomic E-state index is 5.13. The van der Waals surface area contributed by atoms with Crippen LogP contribution in [0.15, 0.2) is 43.0 Å². The molecule has 4 heteroatoms. The minimum absolute atomic E-state index is 0.457. The summed E-state index contributed by atoms with van der Waals surface area (Å²) in [6.07, 6.45) is 5.51. The number of aromatic nitrogens is 2. The van der Waals surface area contributed by atoms with Crippen LogP contribution in [0.4, 0.5) is 5.69 Å². The fourth-order valence-corrected chi connectivity index (χ4v) is 1.72. The molecule has 2 aromatic rings. The van der Waals surface area contributed by atoms with E-state index in [0.29, 0.717) is 6.04 Å². The molecular weight excluding hydrogens is 202 g/mol. The van der Waals surface area contributed by atoms with Crippen LogP contribution in [0.5, 0.6) is 0 Å². The summed E-state index contributed by atoms with van der Waals surface area (Å²) in [5.74, 6) is 0. The van der Waals surface area contributed by atoms with Gasteiger partial charge in [0, 0.05) is 23.8 Å². The number of nitrogens with zero attached hydrogens (tertiary/aromatic N) is 2. The van der Waals surface area contributed by atoms with Crippen LogP contribution in [0, 0.1) is 0 Å². The highest BCUT2D eigenvalue weighted by Gasteiger charge is 2.17. The van der Waals surface area contributed by atoms with Gasteiger partial charge in [0.25, 0.3) is 0 Å². The Morgan fingerprint density at radius 3 is 3.00 bits per heavy atom. The van der Waals surface area contributed by atoms with Gasteiger partial charge in [0.1, 0.15) is 0 Å². The number of ether oxygens (including phenoxy) is 1. The van der Waals surface area contributed by atoms with E-state index in [-0.39, 0.29) is 0 Å². The van der Waals surface area contributed by atoms with Crippen LogP contribution in [-0.4, -0.2) is 28.8 Å². The molecule has 0 radical (unpaired) electrons. The van der Waals surface area contributed by atoms with Gasteiger partial charge in [0.2, 0.25) is 0 Å². The largest absolute Gasteiger partial charge is 0.378 e. The third-order valence-electron chi connectivity index (χ3n) is 2.66. The molecule has 4 nitrogen and oxygen atoms in total. The highest BCUT2D eigenvalue weighted by Crippen LogP contribution is 2.17. The number of hydrogen-bond acceptors (Lipinski definition) is 3. The lowest BCUT2D eigenvalue weighted by Crippen LogP contribution is -2.40. The number of benzene rings is 1. The van der Waals surface area contributed by atoms with Crippen LogP contribution in [0.1, 0.15) is 0 Å². The third kappa shape index (κ3) is 1.79. The number of rotatable bonds is 3. The lowest BCUT2D eigenvalue weighted by molar-refractivity contribution is 0.0211. The van der Waals surface area contributed by atoms with Crippen molar-refractivity contribution in [2.24, 2.45) is 0 Å². The zero-order valence-electron chi connectivity index (χ0n) is 8.84. The second-order valence-electron chi connectivity index (χ2n) is 3.90. The van der Waals surface area contributed by atoms with E-state index in [0.717, 1.165) is 24.6 Å². The summed E-state index contributed by atoms with van der Waals surface area (Å²) < 4.78 is 7.12. The standard InChI is InChI=1S/C12H13N3O/c1-2-10(14-11-7-16-8-11)6-12(3-1)15-5-4-13-9-15/h1-6,9,11,14H,7-8H2. The van der Waals surface area contributed by atoms with Crippen molar-refractivity contribution in [2.75, 3.05) is 18.5 Å². The number of nitrogens with one attached hydrogen (secondary N) is 1. The van der Waals surface area contributed by atoms with Gasteiger partial charge in [-0.2, -0.15) is 0 Å². The van der Waals surface area contributed by atoms with Crippen molar-refractivity contribution in [3.8, 4) is 5.69 Å². The summed E-state index contributed by atoms with van der Waals surface area (Å²) in [5.41, 5.74) is 2.24. The van der Waals surface area contributed by atoms with E-state index in [1.165, 1.54) is 0 Å². The molecular formula is C12H13N3O. The van der Waals surface area contributed by atoms with Crippen molar-refractivity contribution in [3.05, 3.63) is 43.0 Å². The predicted octanol–water partition coefficient (Wildman–Crippen LogP) is 1.68. The molecule has 0 amide bonds. The molecule has 1 aliphatic rings. The Bertz CT molecular complexity index is 463. The van der Waals surface area contributed by atoms with E-state index in [1.54, 1.807) is 12.5 Å². The summed E-state index contributed by atoms with van der Waals surface area (Å²) >= 11 is 0. The number of anilines is 1. The minimum Gasteiger partial charge on any atom is -0.378 e. The summed E-state index contributed by atoms with van der Waals surface area (Å²) in [5, 5.41) is 3.42. The smallest absolute Gasteiger partial charge is 0.0991 e. The molecule has 1 fully saturated rings. The van der Waals surface area contributed by atoms with E-state index in [1.807, 2.05) is 16.8 Å². The van der Waals surface area contributed by atoms with Gasteiger partial charge in [-0.25, -0.2) is 4.98 Å². The van der Waals surface area contributed by atoms with E-state index < -0.39 is 0 Å². The monoisotopic (exact) mass is 215 g/mol. The number of hydrogen-bond donors (Lipinski definition) is 1. The molecule has 0 aliphatic carbocycles. The molecule has 3 rings (SSSR count). The Balaban J connectivity index is 1.82. The van der Waals surface area contributed by atoms with Crippen LogP contribution in [-0.2, 0) is 4.74 Å². The molecule has 0 bridgehead atoms. The first-order chi connectivity index (χ1) is 7.92. The van der Waals surface area contributed by atoms with Gasteiger partial charge in [-0.15, -0.1) is 0 Å². The van der Waals surface area contributed by atoms with Gasteiger partial charge in [-0.1, -0.05) is 6.07 Å². The fourth-order valence-electron chi connectivity index (χ4n) is 1.72. The van der Waals surface area contributed by atoms with Crippen LogP contribution >= 0.6 is 0 Å². The Hall–Kier alpha value is -1.81. The van der Waals surface area contributed by atoms with Crippen LogP contribution in [0.2, 0.25) is 0 Å². The minimum atomic E-state index is 0.457. The molecule has 0 atom stereocenters. The molecule has 1 aliphatic heterocycles. The first-order valence-electron chi connectivity index (χ1n) is 5.34. The average Bonchev–Trinajstić information content (AvgIpc) is 2.77. The van der Waals surface area contributed by atoms with Crippen molar-refractivity contribution in [1.82, 2.24) is 9.55 Å². The summed E-state index contributed by atoms with van der Waals surface area (Å²) in [7, 11) is 0. The van der Waals surface area contributed by atoms with E-state index in [2.05, 4.69) is 28.5 Å². The SMILES string of the molecule is c1cc(NC2COC2)cc(-n2ccnc2)c1. The van der Waals surface area contributed by atoms with Crippen LogP contribution in [0.3, 0.4) is 0 Å². The van der Waals surface area contributed by atoms with Crippen molar-refractivity contribution >= 4 is 5.69 Å². The average molecular weight is 215 g/mol. The molecule has 1 N–H and O–H groups in total. The maximum atomic E-state index is 5.13. The first kappa shape index (κ1) is 9.42. The van der Waals surface area contributed by atoms with Crippen molar-refractivity contribution in [3.63, 3.8) is 0 Å². The number of imidazole rings is 1. The normalized spacial score (nSPS) is 15.8. The second-order valence-corrected chi connectivity index (χ2v) is 3.90. The van der Waals surface area contributed by atoms with Gasteiger partial charge in [-0.05, 0) is 18.2 Å². The van der Waals surface area contributed by atoms with Crippen molar-refractivity contribution < 1.29 is 4.74 Å². The Labute approximate surface area is 93.9 Å². The molecule has 16 heavy (non-hydrogen) atoms. The highest BCUT2D eigenvalue weighted by molar-refractivity contribution is 5.51. The predicted molar refractivity (Wildman–Crippen MR) is 61.8 cm³/mol. The van der Waals surface area contributed by atoms with Crippen LogP contribution < -0.4 is 5.32 Å². The highest BCUT2D eigenvalue weighted by atomic mass is 16.5. The van der Waals surface area contributed by atoms with Crippen molar-refractivity contribution in [1.29, 1.82) is 0 Å². The van der Waals surface area contributed by atoms with E-state index in [4.69, 9.17) is 4.74 Å². The lowest BCUT2D eigenvalue weighted by Gasteiger charge is -2.28. The third-order valence-corrected chi connectivity index (χ3v) is 2.66. The van der Waals surface area contributed by atoms with Gasteiger partial charge in [0.15, 0.2) is 0 Å². The van der Waals surface area contributed by atoms with Gasteiger partial charge >= 0.3 is 0 Å². The second kappa shape index (κ2) is 3.98. The van der Waals surface area contributed by atoms with Crippen LogP contribution in [0.25, 0.3) is 5.69 Å². The zero-order chi connectivity index (χ0) is 10.8.